The quantitative estimate of drug-likeness (QED) is 0.369. The number of ether oxygens (including phenoxy) is 1. The third kappa shape index (κ3) is 5.07. The van der Waals surface area contributed by atoms with Crippen molar-refractivity contribution in [1.82, 2.24) is 5.32 Å². The summed E-state index contributed by atoms with van der Waals surface area (Å²) in [7, 11) is 1.47. The summed E-state index contributed by atoms with van der Waals surface area (Å²) in [6.45, 7) is 5.62. The van der Waals surface area contributed by atoms with Crippen LogP contribution in [0.15, 0.2) is 0 Å². The Morgan fingerprint density at radius 2 is 2.04 bits per heavy atom. The van der Waals surface area contributed by atoms with Crippen LogP contribution in [0, 0.1) is 19.3 Å². The summed E-state index contributed by atoms with van der Waals surface area (Å²) in [5, 5.41) is 12.0. The predicted octanol–water partition coefficient (Wildman–Crippen LogP) is 2.33. The van der Waals surface area contributed by atoms with Gasteiger partial charge in [-0.2, -0.15) is 0 Å². The first-order valence-electron chi connectivity index (χ1n) is 7.28. The lowest BCUT2D eigenvalue weighted by Crippen LogP contribution is -2.33. The molecule has 1 atom stereocenters. The number of thiophene rings is 1. The number of thioether (sulfide) groups is 1. The Balaban J connectivity index is 2.94. The van der Waals surface area contributed by atoms with Gasteiger partial charge in [-0.1, -0.05) is 0 Å². The predicted molar refractivity (Wildman–Crippen MR) is 97.2 cm³/mol. The molecule has 7 nitrogen and oxygen atoms in total. The second-order valence-electron chi connectivity index (χ2n) is 4.82. The van der Waals surface area contributed by atoms with E-state index in [9.17, 15) is 14.4 Å². The van der Waals surface area contributed by atoms with Gasteiger partial charge in [-0.3, -0.25) is 9.59 Å². The smallest absolute Gasteiger partial charge is 0.341 e. The molecule has 9 heteroatoms. The lowest BCUT2D eigenvalue weighted by Gasteiger charge is -2.12. The lowest BCUT2D eigenvalue weighted by atomic mass is 10.1. The summed E-state index contributed by atoms with van der Waals surface area (Å²) in [4.78, 5) is 37.0. The minimum Gasteiger partial charge on any atom is -0.462 e. The summed E-state index contributed by atoms with van der Waals surface area (Å²) < 4.78 is 5.04. The van der Waals surface area contributed by atoms with E-state index in [1.807, 2.05) is 6.92 Å². The monoisotopic (exact) mass is 371 g/mol. The van der Waals surface area contributed by atoms with Crippen LogP contribution in [0.5, 0.6) is 0 Å². The summed E-state index contributed by atoms with van der Waals surface area (Å²) in [6.07, 6.45) is -0.0992. The zero-order valence-corrected chi connectivity index (χ0v) is 15.7. The fourth-order valence-electron chi connectivity index (χ4n) is 1.96. The molecule has 0 radical (unpaired) electrons. The molecule has 0 aliphatic heterocycles. The van der Waals surface area contributed by atoms with E-state index in [1.54, 1.807) is 13.8 Å². The third-order valence-electron chi connectivity index (χ3n) is 3.26. The highest BCUT2D eigenvalue weighted by Gasteiger charge is 2.25. The molecule has 0 saturated heterocycles. The standard InChI is InChI=1S/C15H21N3O4S2/c1-5-22-15(21)12-8(2)9(3)24-14(12)18-11(19)6-10(23-7-16)13(20)17-4/h7,10,16H,5-6H2,1-4H3,(H,17,20)(H,18,19). The molecule has 3 N–H and O–H groups in total. The van der Waals surface area contributed by atoms with Crippen LogP contribution in [0.2, 0.25) is 0 Å². The number of esters is 1. The van der Waals surface area contributed by atoms with Crippen molar-refractivity contribution in [2.24, 2.45) is 0 Å². The highest BCUT2D eigenvalue weighted by Crippen LogP contribution is 2.33. The molecule has 1 heterocycles. The van der Waals surface area contributed by atoms with Crippen molar-refractivity contribution < 1.29 is 19.1 Å². The topological polar surface area (TPSA) is 108 Å². The van der Waals surface area contributed by atoms with E-state index in [0.29, 0.717) is 10.6 Å². The van der Waals surface area contributed by atoms with E-state index in [0.717, 1.165) is 27.7 Å². The SMILES string of the molecule is CCOC(=O)c1c(NC(=O)CC(SC=N)C(=O)NC)sc(C)c1C. The fourth-order valence-corrected chi connectivity index (χ4v) is 3.67. The molecular formula is C15H21N3O4S2. The van der Waals surface area contributed by atoms with Crippen LogP contribution in [-0.2, 0) is 14.3 Å². The molecule has 24 heavy (non-hydrogen) atoms. The van der Waals surface area contributed by atoms with Crippen LogP contribution in [0.1, 0.15) is 34.1 Å². The molecule has 0 aromatic carbocycles. The number of nitrogens with one attached hydrogen (secondary N) is 3. The fraction of sp³-hybridized carbons (Fsp3) is 0.467. The van der Waals surface area contributed by atoms with Gasteiger partial charge in [0, 0.05) is 18.3 Å². The number of hydrogen-bond acceptors (Lipinski definition) is 7. The Kier molecular flexibility index (Phi) is 7.93. The van der Waals surface area contributed by atoms with E-state index in [1.165, 1.54) is 18.4 Å². The number of rotatable bonds is 8. The Bertz CT molecular complexity index is 643. The van der Waals surface area contributed by atoms with Gasteiger partial charge in [0.05, 0.1) is 23.0 Å². The number of carbonyl (C=O) groups is 3. The van der Waals surface area contributed by atoms with Gasteiger partial charge >= 0.3 is 5.97 Å². The van der Waals surface area contributed by atoms with E-state index < -0.39 is 17.1 Å². The van der Waals surface area contributed by atoms with E-state index in [2.05, 4.69) is 10.6 Å². The van der Waals surface area contributed by atoms with Gasteiger partial charge in [0.25, 0.3) is 0 Å². The van der Waals surface area contributed by atoms with E-state index >= 15 is 0 Å². The number of carbonyl (C=O) groups excluding carboxylic acids is 3. The van der Waals surface area contributed by atoms with Crippen molar-refractivity contribution in [3.63, 3.8) is 0 Å². The largest absolute Gasteiger partial charge is 0.462 e. The molecule has 1 aromatic rings. The molecule has 0 bridgehead atoms. The number of hydrogen-bond donors (Lipinski definition) is 3. The Morgan fingerprint density at radius 3 is 2.58 bits per heavy atom. The average molecular weight is 371 g/mol. The van der Waals surface area contributed by atoms with Crippen LogP contribution in [0.4, 0.5) is 5.00 Å². The number of aryl methyl sites for hydroxylation is 1. The molecule has 1 aromatic heterocycles. The Labute approximate surface area is 149 Å². The van der Waals surface area contributed by atoms with Crippen LogP contribution in [0.25, 0.3) is 0 Å². The maximum absolute atomic E-state index is 12.2. The first-order chi connectivity index (χ1) is 11.3. The minimum atomic E-state index is -0.694. The maximum atomic E-state index is 12.2. The van der Waals surface area contributed by atoms with E-state index in [4.69, 9.17) is 10.1 Å². The zero-order valence-electron chi connectivity index (χ0n) is 14.0. The van der Waals surface area contributed by atoms with Crippen molar-refractivity contribution in [3.05, 3.63) is 16.0 Å². The number of amides is 2. The van der Waals surface area contributed by atoms with Gasteiger partial charge in [0.15, 0.2) is 0 Å². The molecular weight excluding hydrogens is 350 g/mol. The summed E-state index contributed by atoms with van der Waals surface area (Å²) in [5.74, 6) is -1.21. The second-order valence-corrected chi connectivity index (χ2v) is 7.12. The van der Waals surface area contributed by atoms with Crippen molar-refractivity contribution >= 4 is 51.4 Å². The maximum Gasteiger partial charge on any atom is 0.341 e. The van der Waals surface area contributed by atoms with E-state index in [-0.39, 0.29) is 18.9 Å². The van der Waals surface area contributed by atoms with Crippen molar-refractivity contribution in [2.75, 3.05) is 19.0 Å². The van der Waals surface area contributed by atoms with Crippen molar-refractivity contribution in [3.8, 4) is 0 Å². The van der Waals surface area contributed by atoms with Crippen LogP contribution < -0.4 is 10.6 Å². The molecule has 2 amide bonds. The molecule has 0 fully saturated rings. The van der Waals surface area contributed by atoms with Gasteiger partial charge in [-0.15, -0.1) is 23.1 Å². The Hall–Kier alpha value is -1.87. The molecule has 1 rings (SSSR count). The highest BCUT2D eigenvalue weighted by molar-refractivity contribution is 8.13. The van der Waals surface area contributed by atoms with Crippen LogP contribution in [0.3, 0.4) is 0 Å². The third-order valence-corrected chi connectivity index (χ3v) is 5.23. The molecule has 0 aliphatic rings. The molecule has 132 valence electrons. The first-order valence-corrected chi connectivity index (χ1v) is 9.04. The van der Waals surface area contributed by atoms with Gasteiger partial charge in [0.2, 0.25) is 11.8 Å². The number of anilines is 1. The van der Waals surface area contributed by atoms with Crippen LogP contribution in [-0.4, -0.2) is 42.2 Å². The van der Waals surface area contributed by atoms with Gasteiger partial charge in [-0.05, 0) is 26.3 Å². The normalized spacial score (nSPS) is 11.5. The zero-order chi connectivity index (χ0) is 18.3. The minimum absolute atomic E-state index is 0.0992. The Morgan fingerprint density at radius 1 is 1.38 bits per heavy atom. The highest BCUT2D eigenvalue weighted by atomic mass is 32.2. The molecule has 0 aliphatic carbocycles. The summed E-state index contributed by atoms with van der Waals surface area (Å²) >= 11 is 2.25. The average Bonchev–Trinajstić information content (AvgIpc) is 2.80. The summed E-state index contributed by atoms with van der Waals surface area (Å²) in [5.41, 5.74) is 2.14. The molecule has 1 unspecified atom stereocenters. The molecule has 0 saturated carbocycles. The summed E-state index contributed by atoms with van der Waals surface area (Å²) in [6, 6.07) is 0. The van der Waals surface area contributed by atoms with Gasteiger partial charge in [0.1, 0.15) is 5.00 Å². The van der Waals surface area contributed by atoms with Crippen molar-refractivity contribution in [2.45, 2.75) is 32.4 Å². The molecule has 0 spiro atoms. The van der Waals surface area contributed by atoms with Gasteiger partial charge in [-0.25, -0.2) is 4.79 Å². The van der Waals surface area contributed by atoms with Crippen molar-refractivity contribution in [1.29, 1.82) is 5.41 Å². The first kappa shape index (κ1) is 20.2. The van der Waals surface area contributed by atoms with Gasteiger partial charge < -0.3 is 20.8 Å². The second kappa shape index (κ2) is 9.43. The van der Waals surface area contributed by atoms with Crippen LogP contribution >= 0.6 is 23.1 Å². The lowest BCUT2D eigenvalue weighted by molar-refractivity contribution is -0.123.